The normalized spacial score (nSPS) is 14.4. The topological polar surface area (TPSA) is 46.6 Å². The Morgan fingerprint density at radius 3 is 2.06 bits per heavy atom. The van der Waals surface area contributed by atoms with Crippen molar-refractivity contribution in [1.29, 1.82) is 0 Å². The van der Waals surface area contributed by atoms with Crippen LogP contribution < -0.4 is 0 Å². The second-order valence-corrected chi connectivity index (χ2v) is 4.68. The lowest BCUT2D eigenvalue weighted by Gasteiger charge is -2.25. The molecule has 0 aromatic heterocycles. The van der Waals surface area contributed by atoms with Crippen LogP contribution in [0, 0.1) is 17.8 Å². The maximum Gasteiger partial charge on any atom is 0.310 e. The molecular weight excluding hydrogens is 206 g/mol. The van der Waals surface area contributed by atoms with Crippen molar-refractivity contribution in [2.24, 2.45) is 17.8 Å². The van der Waals surface area contributed by atoms with Gasteiger partial charge in [0.2, 0.25) is 5.91 Å². The number of ether oxygens (including phenoxy) is 1. The number of carbonyl (C=O) groups excluding carboxylic acids is 2. The van der Waals surface area contributed by atoms with E-state index in [1.165, 1.54) is 7.11 Å². The molecule has 0 N–H and O–H groups in total. The fourth-order valence-electron chi connectivity index (χ4n) is 1.41. The van der Waals surface area contributed by atoms with Crippen LogP contribution in [-0.4, -0.2) is 37.5 Å². The molecule has 0 saturated heterocycles. The van der Waals surface area contributed by atoms with E-state index in [1.54, 1.807) is 18.9 Å². The first-order valence-electron chi connectivity index (χ1n) is 5.64. The molecule has 2 unspecified atom stereocenters. The van der Waals surface area contributed by atoms with Crippen LogP contribution in [0.15, 0.2) is 0 Å². The SMILES string of the molecule is COC(=O)C(C)CN(C)C(=O)C(C)C(C)C. The van der Waals surface area contributed by atoms with Crippen molar-refractivity contribution in [1.82, 2.24) is 4.90 Å². The molecule has 0 heterocycles. The average Bonchev–Trinajstić information content (AvgIpc) is 2.25. The molecule has 0 spiro atoms. The molecule has 0 bridgehead atoms. The van der Waals surface area contributed by atoms with Crippen molar-refractivity contribution < 1.29 is 14.3 Å². The number of rotatable bonds is 5. The lowest BCUT2D eigenvalue weighted by Crippen LogP contribution is -2.38. The van der Waals surface area contributed by atoms with E-state index in [-0.39, 0.29) is 23.7 Å². The number of esters is 1. The van der Waals surface area contributed by atoms with Gasteiger partial charge in [-0.1, -0.05) is 27.7 Å². The van der Waals surface area contributed by atoms with E-state index in [1.807, 2.05) is 20.8 Å². The largest absolute Gasteiger partial charge is 0.469 e. The highest BCUT2D eigenvalue weighted by molar-refractivity contribution is 5.79. The quantitative estimate of drug-likeness (QED) is 0.672. The monoisotopic (exact) mass is 229 g/mol. The van der Waals surface area contributed by atoms with Gasteiger partial charge in [0, 0.05) is 19.5 Å². The van der Waals surface area contributed by atoms with Crippen LogP contribution >= 0.6 is 0 Å². The standard InChI is InChI=1S/C12H23NO3/c1-8(2)10(4)11(14)13(5)7-9(3)12(15)16-6/h8-10H,7H2,1-6H3. The molecule has 0 aliphatic heterocycles. The highest BCUT2D eigenvalue weighted by atomic mass is 16.5. The van der Waals surface area contributed by atoms with Gasteiger partial charge in [-0.25, -0.2) is 0 Å². The zero-order valence-electron chi connectivity index (χ0n) is 11.1. The summed E-state index contributed by atoms with van der Waals surface area (Å²) >= 11 is 0. The first-order valence-corrected chi connectivity index (χ1v) is 5.64. The van der Waals surface area contributed by atoms with E-state index in [4.69, 9.17) is 0 Å². The van der Waals surface area contributed by atoms with Crippen LogP contribution in [0.3, 0.4) is 0 Å². The summed E-state index contributed by atoms with van der Waals surface area (Å²) in [5.41, 5.74) is 0. The number of carbonyl (C=O) groups is 2. The summed E-state index contributed by atoms with van der Waals surface area (Å²) < 4.78 is 4.62. The molecule has 0 aliphatic rings. The van der Waals surface area contributed by atoms with Crippen LogP contribution in [0.2, 0.25) is 0 Å². The summed E-state index contributed by atoms with van der Waals surface area (Å²) in [6.07, 6.45) is 0. The van der Waals surface area contributed by atoms with Gasteiger partial charge >= 0.3 is 5.97 Å². The number of hydrogen-bond acceptors (Lipinski definition) is 3. The minimum Gasteiger partial charge on any atom is -0.469 e. The highest BCUT2D eigenvalue weighted by Crippen LogP contribution is 2.13. The number of hydrogen-bond donors (Lipinski definition) is 0. The van der Waals surface area contributed by atoms with E-state index < -0.39 is 0 Å². The van der Waals surface area contributed by atoms with E-state index in [9.17, 15) is 9.59 Å². The van der Waals surface area contributed by atoms with Gasteiger partial charge in [-0.2, -0.15) is 0 Å². The van der Waals surface area contributed by atoms with E-state index in [0.29, 0.717) is 12.5 Å². The highest BCUT2D eigenvalue weighted by Gasteiger charge is 2.23. The third-order valence-electron chi connectivity index (χ3n) is 2.92. The Hall–Kier alpha value is -1.06. The molecule has 0 rings (SSSR count). The Labute approximate surface area is 98.0 Å². The second kappa shape index (κ2) is 6.51. The fraction of sp³-hybridized carbons (Fsp3) is 0.833. The Balaban J connectivity index is 4.30. The summed E-state index contributed by atoms with van der Waals surface area (Å²) in [6, 6.07) is 0. The molecule has 2 atom stereocenters. The van der Waals surface area contributed by atoms with Crippen LogP contribution in [0.25, 0.3) is 0 Å². The molecule has 4 nitrogen and oxygen atoms in total. The smallest absolute Gasteiger partial charge is 0.310 e. The van der Waals surface area contributed by atoms with E-state index >= 15 is 0 Å². The number of methoxy groups -OCH3 is 1. The summed E-state index contributed by atoms with van der Waals surface area (Å²) in [4.78, 5) is 24.7. The summed E-state index contributed by atoms with van der Waals surface area (Å²) in [5.74, 6) is -0.195. The van der Waals surface area contributed by atoms with Crippen molar-refractivity contribution in [3.63, 3.8) is 0 Å². The maximum absolute atomic E-state index is 11.9. The maximum atomic E-state index is 11.9. The minimum atomic E-state index is -0.281. The molecule has 4 heteroatoms. The molecule has 0 saturated carbocycles. The molecule has 0 aromatic rings. The van der Waals surface area contributed by atoms with Crippen molar-refractivity contribution in [3.8, 4) is 0 Å². The van der Waals surface area contributed by atoms with E-state index in [0.717, 1.165) is 0 Å². The minimum absolute atomic E-state index is 0.0187. The van der Waals surface area contributed by atoms with Gasteiger partial charge in [0.15, 0.2) is 0 Å². The number of nitrogens with zero attached hydrogens (tertiary/aromatic N) is 1. The molecule has 0 radical (unpaired) electrons. The third-order valence-corrected chi connectivity index (χ3v) is 2.92. The summed E-state index contributed by atoms with van der Waals surface area (Å²) in [5, 5.41) is 0. The second-order valence-electron chi connectivity index (χ2n) is 4.68. The van der Waals surface area contributed by atoms with Crippen LogP contribution in [0.5, 0.6) is 0 Å². The van der Waals surface area contributed by atoms with Crippen LogP contribution in [0.1, 0.15) is 27.7 Å². The van der Waals surface area contributed by atoms with Gasteiger partial charge in [0.25, 0.3) is 0 Å². The Morgan fingerprint density at radius 2 is 1.69 bits per heavy atom. The molecule has 1 amide bonds. The third kappa shape index (κ3) is 4.21. The van der Waals surface area contributed by atoms with Crippen molar-refractivity contribution in [2.45, 2.75) is 27.7 Å². The van der Waals surface area contributed by atoms with Crippen molar-refractivity contribution >= 4 is 11.9 Å². The summed E-state index contributed by atoms with van der Waals surface area (Å²) in [6.45, 7) is 8.10. The zero-order valence-corrected chi connectivity index (χ0v) is 11.1. The predicted molar refractivity (Wildman–Crippen MR) is 62.8 cm³/mol. The molecule has 94 valence electrons. The molecule has 0 fully saturated rings. The van der Waals surface area contributed by atoms with Gasteiger partial charge in [-0.3, -0.25) is 9.59 Å². The Kier molecular flexibility index (Phi) is 6.08. The Morgan fingerprint density at radius 1 is 1.19 bits per heavy atom. The lowest BCUT2D eigenvalue weighted by molar-refractivity contribution is -0.146. The zero-order chi connectivity index (χ0) is 12.9. The predicted octanol–water partition coefficient (Wildman–Crippen LogP) is 1.55. The number of amides is 1. The molecule has 0 aromatic carbocycles. The van der Waals surface area contributed by atoms with Gasteiger partial charge in [-0.15, -0.1) is 0 Å². The van der Waals surface area contributed by atoms with Crippen LogP contribution in [0.4, 0.5) is 0 Å². The summed E-state index contributed by atoms with van der Waals surface area (Å²) in [7, 11) is 3.08. The van der Waals surface area contributed by atoms with Crippen molar-refractivity contribution in [2.75, 3.05) is 20.7 Å². The molecule has 16 heavy (non-hydrogen) atoms. The molecule has 0 aliphatic carbocycles. The first kappa shape index (κ1) is 14.9. The van der Waals surface area contributed by atoms with Gasteiger partial charge in [-0.05, 0) is 5.92 Å². The fourth-order valence-corrected chi connectivity index (χ4v) is 1.41. The first-order chi connectivity index (χ1) is 7.31. The average molecular weight is 229 g/mol. The van der Waals surface area contributed by atoms with Crippen LogP contribution in [-0.2, 0) is 14.3 Å². The Bertz CT molecular complexity index is 251. The van der Waals surface area contributed by atoms with Gasteiger partial charge in [0.1, 0.15) is 0 Å². The molecular formula is C12H23NO3. The lowest BCUT2D eigenvalue weighted by atomic mass is 9.96. The van der Waals surface area contributed by atoms with Crippen molar-refractivity contribution in [3.05, 3.63) is 0 Å². The van der Waals surface area contributed by atoms with E-state index in [2.05, 4.69) is 4.74 Å². The van der Waals surface area contributed by atoms with Gasteiger partial charge < -0.3 is 9.64 Å². The van der Waals surface area contributed by atoms with Gasteiger partial charge in [0.05, 0.1) is 13.0 Å².